The first-order valence-electron chi connectivity index (χ1n) is 9.27. The molecule has 152 valence electrons. The number of benzene rings is 3. The van der Waals surface area contributed by atoms with Crippen LogP contribution in [0.4, 0.5) is 5.69 Å². The van der Waals surface area contributed by atoms with Crippen LogP contribution in [-0.4, -0.2) is 25.5 Å². The first-order valence-corrected chi connectivity index (χ1v) is 9.65. The minimum absolute atomic E-state index is 0.144. The van der Waals surface area contributed by atoms with E-state index in [1.165, 1.54) is 41.5 Å². The number of nitrogens with two attached hydrogens (primary N) is 1. The normalized spacial score (nSPS) is 11.4. The van der Waals surface area contributed by atoms with Gasteiger partial charge in [-0.3, -0.25) is 9.59 Å². The molecule has 2 amide bonds. The van der Waals surface area contributed by atoms with Crippen LogP contribution in [0.25, 0.3) is 11.1 Å². The van der Waals surface area contributed by atoms with Crippen molar-refractivity contribution in [3.63, 3.8) is 0 Å². The van der Waals surface area contributed by atoms with Crippen LogP contribution in [0.2, 0.25) is 5.02 Å². The number of anilines is 1. The van der Waals surface area contributed by atoms with Gasteiger partial charge in [0.1, 0.15) is 0 Å². The van der Waals surface area contributed by atoms with E-state index in [-0.39, 0.29) is 29.0 Å². The second kappa shape index (κ2) is 8.08. The Morgan fingerprint density at radius 1 is 1.07 bits per heavy atom. The highest BCUT2D eigenvalue weighted by atomic mass is 35.5. The molecule has 6 nitrogen and oxygen atoms in total. The monoisotopic (exact) mass is 422 g/mol. The smallest absolute Gasteiger partial charge is 0.255 e. The average Bonchev–Trinajstić information content (AvgIpc) is 3.09. The highest BCUT2D eigenvalue weighted by molar-refractivity contribution is 6.32. The van der Waals surface area contributed by atoms with Crippen LogP contribution in [0.15, 0.2) is 54.6 Å². The fraction of sp³-hybridized carbons (Fsp3) is 0.130. The summed E-state index contributed by atoms with van der Waals surface area (Å²) in [5.41, 5.74) is 10.9. The molecule has 0 unspecified atom stereocenters. The molecule has 0 aromatic heterocycles. The van der Waals surface area contributed by atoms with Crippen molar-refractivity contribution < 1.29 is 19.1 Å². The third-order valence-corrected chi connectivity index (χ3v) is 5.18. The maximum atomic E-state index is 12.8. The fourth-order valence-corrected chi connectivity index (χ4v) is 3.83. The minimum Gasteiger partial charge on any atom is -0.493 e. The molecule has 1 aliphatic rings. The summed E-state index contributed by atoms with van der Waals surface area (Å²) in [7, 11) is 1.42. The third-order valence-electron chi connectivity index (χ3n) is 4.90. The maximum Gasteiger partial charge on any atom is 0.255 e. The van der Waals surface area contributed by atoms with Crippen molar-refractivity contribution in [1.29, 1.82) is 0 Å². The van der Waals surface area contributed by atoms with Crippen molar-refractivity contribution >= 4 is 29.1 Å². The van der Waals surface area contributed by atoms with E-state index in [4.69, 9.17) is 26.8 Å². The highest BCUT2D eigenvalue weighted by Gasteiger charge is 2.20. The number of nitrogens with one attached hydrogen (secondary N) is 1. The Morgan fingerprint density at radius 3 is 2.60 bits per heavy atom. The number of hydrogen-bond donors (Lipinski definition) is 2. The maximum absolute atomic E-state index is 12.8. The van der Waals surface area contributed by atoms with Gasteiger partial charge in [-0.2, -0.15) is 0 Å². The SMILES string of the molecule is COc1cc(C(=O)Nc2ccc3c(c2)Cc2ccccc2-3)cc(Cl)c1OCC(N)=O. The van der Waals surface area contributed by atoms with Gasteiger partial charge in [-0.15, -0.1) is 0 Å². The number of amides is 2. The van der Waals surface area contributed by atoms with E-state index in [0.29, 0.717) is 11.3 Å². The molecule has 3 aromatic rings. The first kappa shape index (κ1) is 19.8. The van der Waals surface area contributed by atoms with Gasteiger partial charge in [0.25, 0.3) is 11.8 Å². The predicted octanol–water partition coefficient (Wildman–Crippen LogP) is 4.04. The number of fused-ring (bicyclic) bond motifs is 3. The average molecular weight is 423 g/mol. The number of primary amides is 1. The molecule has 0 spiro atoms. The molecule has 7 heteroatoms. The van der Waals surface area contributed by atoms with E-state index in [2.05, 4.69) is 17.4 Å². The molecule has 0 bridgehead atoms. The lowest BCUT2D eigenvalue weighted by atomic mass is 10.1. The molecule has 3 aromatic carbocycles. The van der Waals surface area contributed by atoms with Crippen molar-refractivity contribution in [2.24, 2.45) is 5.73 Å². The van der Waals surface area contributed by atoms with Crippen molar-refractivity contribution in [3.8, 4) is 22.6 Å². The van der Waals surface area contributed by atoms with Crippen LogP contribution in [-0.2, 0) is 11.2 Å². The Morgan fingerprint density at radius 2 is 1.83 bits per heavy atom. The van der Waals surface area contributed by atoms with Gasteiger partial charge in [0, 0.05) is 11.3 Å². The predicted molar refractivity (Wildman–Crippen MR) is 115 cm³/mol. The summed E-state index contributed by atoms with van der Waals surface area (Å²) in [4.78, 5) is 23.8. The quantitative estimate of drug-likeness (QED) is 0.490. The van der Waals surface area contributed by atoms with E-state index in [1.54, 1.807) is 0 Å². The first-order chi connectivity index (χ1) is 14.5. The minimum atomic E-state index is -0.645. The summed E-state index contributed by atoms with van der Waals surface area (Å²) < 4.78 is 10.5. The summed E-state index contributed by atoms with van der Waals surface area (Å²) >= 11 is 6.23. The topological polar surface area (TPSA) is 90.7 Å². The van der Waals surface area contributed by atoms with Crippen LogP contribution in [0, 0.1) is 0 Å². The highest BCUT2D eigenvalue weighted by Crippen LogP contribution is 2.38. The molecule has 0 fully saturated rings. The molecule has 3 N–H and O–H groups in total. The Kier molecular flexibility index (Phi) is 5.33. The summed E-state index contributed by atoms with van der Waals surface area (Å²) in [6.45, 7) is -0.348. The second-order valence-corrected chi connectivity index (χ2v) is 7.31. The zero-order valence-electron chi connectivity index (χ0n) is 16.2. The molecule has 0 saturated carbocycles. The molecule has 1 aliphatic carbocycles. The fourth-order valence-electron chi connectivity index (χ4n) is 3.56. The molecule has 0 heterocycles. The van der Waals surface area contributed by atoms with Crippen LogP contribution in [0.1, 0.15) is 21.5 Å². The zero-order valence-corrected chi connectivity index (χ0v) is 17.0. The lowest BCUT2D eigenvalue weighted by molar-refractivity contribution is -0.119. The van der Waals surface area contributed by atoms with Crippen molar-refractivity contribution in [2.45, 2.75) is 6.42 Å². The largest absolute Gasteiger partial charge is 0.493 e. The van der Waals surface area contributed by atoms with Crippen LogP contribution >= 0.6 is 11.6 Å². The number of hydrogen-bond acceptors (Lipinski definition) is 4. The lowest BCUT2D eigenvalue weighted by Gasteiger charge is -2.14. The summed E-state index contributed by atoms with van der Waals surface area (Å²) in [5.74, 6) is -0.594. The van der Waals surface area contributed by atoms with Gasteiger partial charge < -0.3 is 20.5 Å². The van der Waals surface area contributed by atoms with E-state index in [1.807, 2.05) is 30.3 Å². The molecular weight excluding hydrogens is 404 g/mol. The molecule has 0 atom stereocenters. The number of carbonyl (C=O) groups excluding carboxylic acids is 2. The zero-order chi connectivity index (χ0) is 21.3. The number of ether oxygens (including phenoxy) is 2. The number of carbonyl (C=O) groups is 2. The Labute approximate surface area is 178 Å². The van der Waals surface area contributed by atoms with Crippen LogP contribution < -0.4 is 20.5 Å². The van der Waals surface area contributed by atoms with Crippen LogP contribution in [0.5, 0.6) is 11.5 Å². The van der Waals surface area contributed by atoms with Gasteiger partial charge in [0.05, 0.1) is 12.1 Å². The Hall–Kier alpha value is -3.51. The Balaban J connectivity index is 1.55. The second-order valence-electron chi connectivity index (χ2n) is 6.90. The van der Waals surface area contributed by atoms with Gasteiger partial charge in [0.15, 0.2) is 18.1 Å². The molecule has 30 heavy (non-hydrogen) atoms. The number of halogens is 1. The third kappa shape index (κ3) is 3.82. The van der Waals surface area contributed by atoms with Crippen molar-refractivity contribution in [3.05, 3.63) is 76.3 Å². The Bertz CT molecular complexity index is 1160. The van der Waals surface area contributed by atoms with Gasteiger partial charge in [-0.1, -0.05) is 41.9 Å². The molecular formula is C23H19ClN2O4. The van der Waals surface area contributed by atoms with E-state index >= 15 is 0 Å². The van der Waals surface area contributed by atoms with Crippen LogP contribution in [0.3, 0.4) is 0 Å². The van der Waals surface area contributed by atoms with Gasteiger partial charge in [-0.05, 0) is 52.9 Å². The lowest BCUT2D eigenvalue weighted by Crippen LogP contribution is -2.20. The van der Waals surface area contributed by atoms with Crippen molar-refractivity contribution in [1.82, 2.24) is 0 Å². The molecule has 4 rings (SSSR count). The molecule has 0 radical (unpaired) electrons. The number of methoxy groups -OCH3 is 1. The van der Waals surface area contributed by atoms with E-state index in [0.717, 1.165) is 6.42 Å². The van der Waals surface area contributed by atoms with Gasteiger partial charge in [-0.25, -0.2) is 0 Å². The summed E-state index contributed by atoms with van der Waals surface area (Å²) in [6, 6.07) is 17.1. The van der Waals surface area contributed by atoms with Gasteiger partial charge in [0.2, 0.25) is 0 Å². The number of rotatable bonds is 6. The summed E-state index contributed by atoms with van der Waals surface area (Å²) in [5, 5.41) is 3.04. The van der Waals surface area contributed by atoms with E-state index in [9.17, 15) is 9.59 Å². The molecule has 0 saturated heterocycles. The standard InChI is InChI=1S/C23H19ClN2O4/c1-29-20-11-15(10-19(24)22(20)30-12-21(25)27)23(28)26-16-6-7-18-14(9-16)8-13-4-2-3-5-17(13)18/h2-7,9-11H,8,12H2,1H3,(H2,25,27)(H,26,28). The molecule has 0 aliphatic heterocycles. The van der Waals surface area contributed by atoms with E-state index < -0.39 is 5.91 Å². The van der Waals surface area contributed by atoms with Crippen molar-refractivity contribution in [2.75, 3.05) is 19.0 Å². The van der Waals surface area contributed by atoms with Gasteiger partial charge >= 0.3 is 0 Å². The summed E-state index contributed by atoms with van der Waals surface area (Å²) in [6.07, 6.45) is 0.834.